The van der Waals surface area contributed by atoms with Crippen LogP contribution in [0.25, 0.3) is 17.0 Å². The maximum absolute atomic E-state index is 10.6. The minimum Gasteiger partial charge on any atom is -0.475 e. The van der Waals surface area contributed by atoms with Gasteiger partial charge in [0.25, 0.3) is 5.78 Å². The number of alkyl halides is 3. The van der Waals surface area contributed by atoms with Crippen molar-refractivity contribution in [1.29, 1.82) is 0 Å². The first kappa shape index (κ1) is 21.5. The van der Waals surface area contributed by atoms with E-state index >= 15 is 0 Å². The minimum atomic E-state index is -5.08. The highest BCUT2D eigenvalue weighted by Gasteiger charge is 2.38. The lowest BCUT2D eigenvalue weighted by atomic mass is 9.92. The molecule has 4 rings (SSSR count). The lowest BCUT2D eigenvalue weighted by molar-refractivity contribution is -0.192. The molecule has 1 saturated carbocycles. The fourth-order valence-corrected chi connectivity index (χ4v) is 3.14. The third-order valence-electron chi connectivity index (χ3n) is 4.69. The van der Waals surface area contributed by atoms with Gasteiger partial charge in [-0.1, -0.05) is 30.3 Å². The van der Waals surface area contributed by atoms with Gasteiger partial charge in [-0.15, -0.1) is 0 Å². The molecule has 1 aromatic carbocycles. The molecule has 1 aliphatic rings. The number of nitrogens with zero attached hydrogens (tertiary/aromatic N) is 4. The SMILES string of the molecule is NC1CCC(Nc2cc(-c3ccccc3)nc3ncnn23)CC1.O=C(O)C(F)(F)F. The predicted octanol–water partition coefficient (Wildman–Crippen LogP) is 3.11. The number of nitrogens with one attached hydrogen (secondary N) is 1. The number of nitrogens with two attached hydrogens (primary N) is 1. The van der Waals surface area contributed by atoms with Gasteiger partial charge in [-0.3, -0.25) is 0 Å². The van der Waals surface area contributed by atoms with Crippen LogP contribution in [-0.2, 0) is 4.79 Å². The van der Waals surface area contributed by atoms with Gasteiger partial charge in [0.1, 0.15) is 12.1 Å². The third kappa shape index (κ3) is 5.44. The van der Waals surface area contributed by atoms with E-state index in [-0.39, 0.29) is 0 Å². The largest absolute Gasteiger partial charge is 0.490 e. The highest BCUT2D eigenvalue weighted by atomic mass is 19.4. The molecule has 8 nitrogen and oxygen atoms in total. The molecule has 3 aromatic rings. The van der Waals surface area contributed by atoms with Crippen LogP contribution in [0.3, 0.4) is 0 Å². The summed E-state index contributed by atoms with van der Waals surface area (Å²) < 4.78 is 33.5. The molecule has 0 amide bonds. The zero-order valence-electron chi connectivity index (χ0n) is 15.9. The number of fused-ring (bicyclic) bond motifs is 1. The number of halogens is 3. The summed E-state index contributed by atoms with van der Waals surface area (Å²) in [6.45, 7) is 0. The molecule has 0 spiro atoms. The summed E-state index contributed by atoms with van der Waals surface area (Å²) in [5.41, 5.74) is 7.98. The van der Waals surface area contributed by atoms with Crippen LogP contribution < -0.4 is 11.1 Å². The van der Waals surface area contributed by atoms with Crippen LogP contribution in [0.1, 0.15) is 25.7 Å². The summed E-state index contributed by atoms with van der Waals surface area (Å²) in [6, 6.07) is 13.0. The van der Waals surface area contributed by atoms with E-state index in [1.54, 1.807) is 10.8 Å². The average Bonchev–Trinajstić information content (AvgIpc) is 3.19. The highest BCUT2D eigenvalue weighted by Crippen LogP contribution is 2.25. The van der Waals surface area contributed by atoms with Crippen LogP contribution in [0.5, 0.6) is 0 Å². The van der Waals surface area contributed by atoms with Gasteiger partial charge in [0.15, 0.2) is 0 Å². The molecule has 0 radical (unpaired) electrons. The van der Waals surface area contributed by atoms with Gasteiger partial charge in [-0.05, 0) is 25.7 Å². The second-order valence-electron chi connectivity index (χ2n) is 6.92. The van der Waals surface area contributed by atoms with Crippen LogP contribution >= 0.6 is 0 Å². The molecule has 4 N–H and O–H groups in total. The van der Waals surface area contributed by atoms with Gasteiger partial charge < -0.3 is 16.2 Å². The van der Waals surface area contributed by atoms with Crippen molar-refractivity contribution >= 4 is 17.6 Å². The van der Waals surface area contributed by atoms with Crippen molar-refractivity contribution in [3.8, 4) is 11.3 Å². The Bertz CT molecular complexity index is 985. The van der Waals surface area contributed by atoms with Crippen LogP contribution in [-0.4, -0.2) is 48.9 Å². The Morgan fingerprint density at radius 1 is 1.17 bits per heavy atom. The first-order valence-corrected chi connectivity index (χ1v) is 9.32. The maximum atomic E-state index is 10.6. The van der Waals surface area contributed by atoms with Gasteiger partial charge in [0, 0.05) is 23.7 Å². The van der Waals surface area contributed by atoms with Crippen LogP contribution in [0.4, 0.5) is 19.0 Å². The van der Waals surface area contributed by atoms with Crippen molar-refractivity contribution in [1.82, 2.24) is 19.6 Å². The summed E-state index contributed by atoms with van der Waals surface area (Å²) in [6.07, 6.45) is 0.753. The smallest absolute Gasteiger partial charge is 0.475 e. The van der Waals surface area contributed by atoms with Crippen molar-refractivity contribution < 1.29 is 23.1 Å². The molecule has 0 atom stereocenters. The molecular weight excluding hydrogens is 401 g/mol. The fourth-order valence-electron chi connectivity index (χ4n) is 3.14. The Labute approximate surface area is 169 Å². The quantitative estimate of drug-likeness (QED) is 0.593. The zero-order chi connectivity index (χ0) is 21.7. The van der Waals surface area contributed by atoms with Crippen LogP contribution in [0.15, 0.2) is 42.7 Å². The van der Waals surface area contributed by atoms with Gasteiger partial charge >= 0.3 is 12.1 Å². The molecule has 1 fully saturated rings. The van der Waals surface area contributed by atoms with Crippen LogP contribution in [0.2, 0.25) is 0 Å². The van der Waals surface area contributed by atoms with Crippen molar-refractivity contribution in [3.63, 3.8) is 0 Å². The summed E-state index contributed by atoms with van der Waals surface area (Å²) in [7, 11) is 0. The molecule has 0 unspecified atom stereocenters. The molecule has 0 aliphatic heterocycles. The number of carboxylic acid groups (broad SMARTS) is 1. The average molecular weight is 422 g/mol. The Hall–Kier alpha value is -3.21. The minimum absolute atomic E-state index is 0.344. The lowest BCUT2D eigenvalue weighted by Gasteiger charge is -2.27. The van der Waals surface area contributed by atoms with Crippen LogP contribution in [0, 0.1) is 0 Å². The molecule has 11 heteroatoms. The van der Waals surface area contributed by atoms with Gasteiger partial charge in [-0.2, -0.15) is 27.8 Å². The van der Waals surface area contributed by atoms with Gasteiger partial charge in [0.05, 0.1) is 5.69 Å². The van der Waals surface area contributed by atoms with Crippen molar-refractivity contribution in [2.24, 2.45) is 5.73 Å². The van der Waals surface area contributed by atoms with E-state index in [0.717, 1.165) is 42.8 Å². The maximum Gasteiger partial charge on any atom is 0.490 e. The number of carboxylic acids is 1. The normalized spacial score (nSPS) is 19.1. The number of aromatic nitrogens is 4. The molecule has 30 heavy (non-hydrogen) atoms. The molecule has 2 aromatic heterocycles. The molecule has 0 bridgehead atoms. The Morgan fingerprint density at radius 2 is 1.80 bits per heavy atom. The second-order valence-corrected chi connectivity index (χ2v) is 6.92. The first-order valence-electron chi connectivity index (χ1n) is 9.32. The van der Waals surface area contributed by atoms with E-state index in [1.807, 2.05) is 24.3 Å². The first-order chi connectivity index (χ1) is 14.2. The number of anilines is 1. The topological polar surface area (TPSA) is 118 Å². The monoisotopic (exact) mass is 422 g/mol. The summed E-state index contributed by atoms with van der Waals surface area (Å²) >= 11 is 0. The molecule has 2 heterocycles. The fraction of sp³-hybridized carbons (Fsp3) is 0.368. The molecule has 160 valence electrons. The van der Waals surface area contributed by atoms with E-state index in [1.165, 1.54) is 0 Å². The van der Waals surface area contributed by atoms with Crippen molar-refractivity contribution in [2.45, 2.75) is 43.9 Å². The third-order valence-corrected chi connectivity index (χ3v) is 4.69. The van der Waals surface area contributed by atoms with Gasteiger partial charge in [0.2, 0.25) is 0 Å². The summed E-state index contributed by atoms with van der Waals surface area (Å²) in [5, 5.41) is 15.0. The van der Waals surface area contributed by atoms with E-state index in [4.69, 9.17) is 15.6 Å². The summed E-state index contributed by atoms with van der Waals surface area (Å²) in [4.78, 5) is 17.7. The number of carbonyl (C=O) groups is 1. The second kappa shape index (κ2) is 9.08. The zero-order valence-corrected chi connectivity index (χ0v) is 15.9. The van der Waals surface area contributed by atoms with Crippen molar-refractivity contribution in [2.75, 3.05) is 5.32 Å². The molecule has 0 saturated heterocycles. The molecule has 1 aliphatic carbocycles. The van der Waals surface area contributed by atoms with Crippen molar-refractivity contribution in [3.05, 3.63) is 42.7 Å². The number of hydrogen-bond donors (Lipinski definition) is 3. The summed E-state index contributed by atoms with van der Waals surface area (Å²) in [5.74, 6) is -1.21. The number of hydrogen-bond acceptors (Lipinski definition) is 6. The van der Waals surface area contributed by atoms with E-state index in [2.05, 4.69) is 32.5 Å². The Morgan fingerprint density at radius 3 is 2.40 bits per heavy atom. The standard InChI is InChI=1S/C17H20N6.C2HF3O2/c18-13-6-8-14(9-7-13)21-16-10-15(12-4-2-1-3-5-12)22-17-19-11-20-23(16)17;3-2(4,5)1(6)7/h1-5,10-11,13-14,21H,6-9,18H2;(H,6,7). The Kier molecular flexibility index (Phi) is 6.50. The van der Waals surface area contributed by atoms with Gasteiger partial charge in [-0.25, -0.2) is 9.78 Å². The number of benzene rings is 1. The van der Waals surface area contributed by atoms with E-state index in [0.29, 0.717) is 17.9 Å². The lowest BCUT2D eigenvalue weighted by Crippen LogP contribution is -2.33. The predicted molar refractivity (Wildman–Crippen MR) is 104 cm³/mol. The van der Waals surface area contributed by atoms with E-state index < -0.39 is 12.1 Å². The highest BCUT2D eigenvalue weighted by molar-refractivity contribution is 5.73. The number of rotatable bonds is 3. The Balaban J connectivity index is 0.000000318. The van der Waals surface area contributed by atoms with E-state index in [9.17, 15) is 13.2 Å². The number of aliphatic carboxylic acids is 1. The molecular formula is C19H21F3N6O2.